The van der Waals surface area contributed by atoms with Gasteiger partial charge in [-0.2, -0.15) is 0 Å². The first kappa shape index (κ1) is 14.5. The van der Waals surface area contributed by atoms with Crippen molar-refractivity contribution in [2.24, 2.45) is 5.92 Å². The van der Waals surface area contributed by atoms with E-state index in [4.69, 9.17) is 0 Å². The van der Waals surface area contributed by atoms with Gasteiger partial charge >= 0.3 is 0 Å². The van der Waals surface area contributed by atoms with Crippen LogP contribution in [-0.4, -0.2) is 34.9 Å². The normalized spacial score (nSPS) is 21.9. The zero-order valence-corrected chi connectivity index (χ0v) is 13.4. The molecule has 1 aliphatic carbocycles. The minimum absolute atomic E-state index is 0.285. The Balaban J connectivity index is 1.40. The first-order valence-electron chi connectivity index (χ1n) is 8.71. The molecule has 1 aromatic carbocycles. The molecule has 1 saturated carbocycles. The van der Waals surface area contributed by atoms with Crippen molar-refractivity contribution in [3.8, 4) is 0 Å². The number of benzene rings is 1. The largest absolute Gasteiger partial charge is 0.365 e. The van der Waals surface area contributed by atoms with Gasteiger partial charge in [-0.05, 0) is 37.5 Å². The fourth-order valence-electron chi connectivity index (χ4n) is 3.86. The molecule has 1 saturated heterocycles. The summed E-state index contributed by atoms with van der Waals surface area (Å²) in [7, 11) is 0. The Morgan fingerprint density at radius 3 is 2.78 bits per heavy atom. The first-order chi connectivity index (χ1) is 11.3. The van der Waals surface area contributed by atoms with Gasteiger partial charge in [0, 0.05) is 30.4 Å². The standard InChI is InChI=1S/C19H23N3O/c23-19(15-6-1-2-7-15)22-12-11-16(13-22)20-18-10-9-14-5-3-4-8-17(14)21-18/h3-5,8-10,15-16H,1-2,6-7,11-13H2,(H,20,21). The average molecular weight is 309 g/mol. The Hall–Kier alpha value is -2.10. The first-order valence-corrected chi connectivity index (χ1v) is 8.71. The lowest BCUT2D eigenvalue weighted by molar-refractivity contribution is -0.134. The average Bonchev–Trinajstić information content (AvgIpc) is 3.26. The number of carbonyl (C=O) groups is 1. The highest BCUT2D eigenvalue weighted by Gasteiger charge is 2.32. The van der Waals surface area contributed by atoms with E-state index in [2.05, 4.69) is 27.3 Å². The Morgan fingerprint density at radius 1 is 1.09 bits per heavy atom. The summed E-state index contributed by atoms with van der Waals surface area (Å²) in [4.78, 5) is 19.2. The summed E-state index contributed by atoms with van der Waals surface area (Å²) in [5.74, 6) is 1.56. The van der Waals surface area contributed by atoms with Crippen LogP contribution in [0.5, 0.6) is 0 Å². The van der Waals surface area contributed by atoms with Crippen LogP contribution in [0.3, 0.4) is 0 Å². The molecule has 1 amide bonds. The van der Waals surface area contributed by atoms with Gasteiger partial charge < -0.3 is 10.2 Å². The van der Waals surface area contributed by atoms with Crippen molar-refractivity contribution >= 4 is 22.6 Å². The smallest absolute Gasteiger partial charge is 0.225 e. The van der Waals surface area contributed by atoms with Gasteiger partial charge in [-0.1, -0.05) is 31.0 Å². The highest BCUT2D eigenvalue weighted by molar-refractivity contribution is 5.80. The van der Waals surface area contributed by atoms with Crippen molar-refractivity contribution in [2.75, 3.05) is 18.4 Å². The van der Waals surface area contributed by atoms with E-state index in [1.165, 1.54) is 12.8 Å². The summed E-state index contributed by atoms with van der Waals surface area (Å²) < 4.78 is 0. The van der Waals surface area contributed by atoms with Crippen LogP contribution in [0.4, 0.5) is 5.82 Å². The maximum atomic E-state index is 12.5. The molecule has 23 heavy (non-hydrogen) atoms. The number of anilines is 1. The number of likely N-dealkylation sites (tertiary alicyclic amines) is 1. The lowest BCUT2D eigenvalue weighted by Crippen LogP contribution is -2.35. The molecule has 2 aromatic rings. The molecule has 4 heteroatoms. The highest BCUT2D eigenvalue weighted by atomic mass is 16.2. The van der Waals surface area contributed by atoms with Crippen LogP contribution in [0.25, 0.3) is 10.9 Å². The molecule has 2 heterocycles. The SMILES string of the molecule is O=C(C1CCCC1)N1CCC(Nc2ccc3ccccc3n2)C1. The van der Waals surface area contributed by atoms with Gasteiger partial charge in [0.25, 0.3) is 0 Å². The van der Waals surface area contributed by atoms with Gasteiger partial charge in [0.2, 0.25) is 5.91 Å². The summed E-state index contributed by atoms with van der Waals surface area (Å²) in [5.41, 5.74) is 1.01. The predicted molar refractivity (Wildman–Crippen MR) is 92.3 cm³/mol. The van der Waals surface area contributed by atoms with Crippen LogP contribution in [0, 0.1) is 5.92 Å². The zero-order chi connectivity index (χ0) is 15.6. The summed E-state index contributed by atoms with van der Waals surface area (Å²) in [6.07, 6.45) is 5.60. The van der Waals surface area contributed by atoms with Crippen molar-refractivity contribution in [3.63, 3.8) is 0 Å². The van der Waals surface area contributed by atoms with Gasteiger partial charge in [-0.3, -0.25) is 4.79 Å². The second-order valence-electron chi connectivity index (χ2n) is 6.78. The number of pyridine rings is 1. The third-order valence-corrected chi connectivity index (χ3v) is 5.15. The quantitative estimate of drug-likeness (QED) is 0.944. The molecule has 120 valence electrons. The lowest BCUT2D eigenvalue weighted by Gasteiger charge is -2.21. The minimum Gasteiger partial charge on any atom is -0.365 e. The number of nitrogens with one attached hydrogen (secondary N) is 1. The minimum atomic E-state index is 0.285. The molecule has 1 unspecified atom stereocenters. The van der Waals surface area contributed by atoms with Gasteiger partial charge in [-0.25, -0.2) is 4.98 Å². The van der Waals surface area contributed by atoms with E-state index in [1.807, 2.05) is 24.3 Å². The monoisotopic (exact) mass is 309 g/mol. The van der Waals surface area contributed by atoms with Crippen molar-refractivity contribution in [1.29, 1.82) is 0 Å². The number of hydrogen-bond donors (Lipinski definition) is 1. The van der Waals surface area contributed by atoms with Crippen LogP contribution >= 0.6 is 0 Å². The van der Waals surface area contributed by atoms with Gasteiger partial charge in [0.1, 0.15) is 5.82 Å². The van der Waals surface area contributed by atoms with E-state index in [0.29, 0.717) is 11.9 Å². The second-order valence-corrected chi connectivity index (χ2v) is 6.78. The van der Waals surface area contributed by atoms with E-state index in [1.54, 1.807) is 0 Å². The van der Waals surface area contributed by atoms with Crippen molar-refractivity contribution in [3.05, 3.63) is 36.4 Å². The molecule has 1 N–H and O–H groups in total. The molecule has 4 nitrogen and oxygen atoms in total. The Kier molecular flexibility index (Phi) is 3.90. The molecule has 2 fully saturated rings. The van der Waals surface area contributed by atoms with Crippen LogP contribution < -0.4 is 5.32 Å². The summed E-state index contributed by atoms with van der Waals surface area (Å²) >= 11 is 0. The number of fused-ring (bicyclic) bond motifs is 1. The molecular weight excluding hydrogens is 286 g/mol. The van der Waals surface area contributed by atoms with Crippen molar-refractivity contribution in [1.82, 2.24) is 9.88 Å². The van der Waals surface area contributed by atoms with Crippen LogP contribution in [0.1, 0.15) is 32.1 Å². The fourth-order valence-corrected chi connectivity index (χ4v) is 3.86. The summed E-state index contributed by atoms with van der Waals surface area (Å²) in [5, 5.41) is 4.66. The number of para-hydroxylation sites is 1. The molecule has 0 radical (unpaired) electrons. The van der Waals surface area contributed by atoms with Crippen molar-refractivity contribution < 1.29 is 4.79 Å². The van der Waals surface area contributed by atoms with Gasteiger partial charge in [0.15, 0.2) is 0 Å². The second kappa shape index (κ2) is 6.19. The fraction of sp³-hybridized carbons (Fsp3) is 0.474. The number of rotatable bonds is 3. The van der Waals surface area contributed by atoms with Crippen LogP contribution in [-0.2, 0) is 4.79 Å². The molecule has 1 aromatic heterocycles. The van der Waals surface area contributed by atoms with Crippen LogP contribution in [0.15, 0.2) is 36.4 Å². The number of amides is 1. The number of nitrogens with zero attached hydrogens (tertiary/aromatic N) is 2. The Morgan fingerprint density at radius 2 is 1.91 bits per heavy atom. The molecule has 1 aliphatic heterocycles. The van der Waals surface area contributed by atoms with E-state index in [-0.39, 0.29) is 5.92 Å². The van der Waals surface area contributed by atoms with E-state index >= 15 is 0 Å². The molecular formula is C19H23N3O. The Bertz CT molecular complexity index is 709. The van der Waals surface area contributed by atoms with Crippen molar-refractivity contribution in [2.45, 2.75) is 38.1 Å². The third kappa shape index (κ3) is 3.03. The Labute approximate surface area is 136 Å². The summed E-state index contributed by atoms with van der Waals surface area (Å²) in [6.45, 7) is 1.68. The topological polar surface area (TPSA) is 45.2 Å². The van der Waals surface area contributed by atoms with Gasteiger partial charge in [-0.15, -0.1) is 0 Å². The number of carbonyl (C=O) groups excluding carboxylic acids is 1. The van der Waals surface area contributed by atoms with E-state index < -0.39 is 0 Å². The van der Waals surface area contributed by atoms with E-state index in [0.717, 1.165) is 49.1 Å². The lowest BCUT2D eigenvalue weighted by atomic mass is 10.1. The summed E-state index contributed by atoms with van der Waals surface area (Å²) in [6, 6.07) is 12.6. The highest BCUT2D eigenvalue weighted by Crippen LogP contribution is 2.28. The molecule has 2 aliphatic rings. The molecule has 0 spiro atoms. The maximum Gasteiger partial charge on any atom is 0.225 e. The maximum absolute atomic E-state index is 12.5. The number of hydrogen-bond acceptors (Lipinski definition) is 3. The predicted octanol–water partition coefficient (Wildman–Crippen LogP) is 3.44. The van der Waals surface area contributed by atoms with Gasteiger partial charge in [0.05, 0.1) is 5.52 Å². The molecule has 1 atom stereocenters. The van der Waals surface area contributed by atoms with E-state index in [9.17, 15) is 4.79 Å². The number of aromatic nitrogens is 1. The van der Waals surface area contributed by atoms with Crippen LogP contribution in [0.2, 0.25) is 0 Å². The third-order valence-electron chi connectivity index (χ3n) is 5.15. The molecule has 0 bridgehead atoms. The molecule has 4 rings (SSSR count). The zero-order valence-electron chi connectivity index (χ0n) is 13.4.